The molecule has 30 heavy (non-hydrogen) atoms. The molecule has 4 rings (SSSR count). The Hall–Kier alpha value is -3.42. The second-order valence-electron chi connectivity index (χ2n) is 7.21. The zero-order chi connectivity index (χ0) is 21.1. The maximum Gasteiger partial charge on any atom is 0.338 e. The summed E-state index contributed by atoms with van der Waals surface area (Å²) in [5.41, 5.74) is 1.68. The van der Waals surface area contributed by atoms with Gasteiger partial charge in [0.25, 0.3) is 5.91 Å². The van der Waals surface area contributed by atoms with Crippen molar-refractivity contribution in [1.82, 2.24) is 9.97 Å². The number of anilines is 2. The molecule has 0 atom stereocenters. The highest BCUT2D eigenvalue weighted by atomic mass is 16.5. The molecule has 0 bridgehead atoms. The molecule has 2 aromatic heterocycles. The first-order valence-electron chi connectivity index (χ1n) is 10.2. The molecule has 3 aromatic rings. The molecule has 0 unspecified atom stereocenters. The molecule has 1 amide bonds. The number of amides is 1. The first kappa shape index (κ1) is 19.9. The lowest BCUT2D eigenvalue weighted by atomic mass is 10.1. The van der Waals surface area contributed by atoms with Crippen LogP contribution in [0.2, 0.25) is 0 Å². The minimum atomic E-state index is -0.431. The standard InChI is InChI=1S/C22H24N4O4/c1-3-29-22(28)15-8-7-9-16(12-15)25-20(27)17-14(2)30-21-18(17)19(23-13-24-21)26-10-5-4-6-11-26/h7-9,12-13H,3-6,10-11H2,1-2H3,(H,25,27). The third kappa shape index (κ3) is 3.85. The van der Waals surface area contributed by atoms with Crippen molar-refractivity contribution >= 4 is 34.5 Å². The number of nitrogens with one attached hydrogen (secondary N) is 1. The predicted octanol–water partition coefficient (Wildman–Crippen LogP) is 3.95. The number of benzene rings is 1. The molecule has 8 nitrogen and oxygen atoms in total. The Bertz CT molecular complexity index is 1090. The Labute approximate surface area is 174 Å². The number of piperidine rings is 1. The molecule has 156 valence electrons. The minimum absolute atomic E-state index is 0.287. The van der Waals surface area contributed by atoms with Gasteiger partial charge in [-0.05, 0) is 51.3 Å². The van der Waals surface area contributed by atoms with Crippen molar-refractivity contribution in [3.8, 4) is 0 Å². The predicted molar refractivity (Wildman–Crippen MR) is 113 cm³/mol. The highest BCUT2D eigenvalue weighted by molar-refractivity contribution is 6.15. The third-order valence-electron chi connectivity index (χ3n) is 5.16. The second kappa shape index (κ2) is 8.52. The summed E-state index contributed by atoms with van der Waals surface area (Å²) in [5, 5.41) is 3.49. The van der Waals surface area contributed by atoms with E-state index in [2.05, 4.69) is 20.2 Å². The first-order chi connectivity index (χ1) is 14.6. The van der Waals surface area contributed by atoms with Gasteiger partial charge in [0.15, 0.2) is 0 Å². The van der Waals surface area contributed by atoms with Crippen LogP contribution in [0.5, 0.6) is 0 Å². The van der Waals surface area contributed by atoms with Crippen LogP contribution < -0.4 is 10.2 Å². The van der Waals surface area contributed by atoms with Crippen LogP contribution in [0.1, 0.15) is 52.7 Å². The molecular formula is C22H24N4O4. The molecule has 1 aliphatic heterocycles. The summed E-state index contributed by atoms with van der Waals surface area (Å²) in [6.45, 7) is 5.55. The smallest absolute Gasteiger partial charge is 0.338 e. The number of aromatic nitrogens is 2. The van der Waals surface area contributed by atoms with E-state index in [1.54, 1.807) is 38.1 Å². The zero-order valence-electron chi connectivity index (χ0n) is 17.1. The van der Waals surface area contributed by atoms with E-state index in [0.29, 0.717) is 33.7 Å². The van der Waals surface area contributed by atoms with Crippen molar-refractivity contribution in [1.29, 1.82) is 0 Å². The Morgan fingerprint density at radius 1 is 1.20 bits per heavy atom. The van der Waals surface area contributed by atoms with Gasteiger partial charge in [0.1, 0.15) is 17.9 Å². The maximum atomic E-state index is 13.2. The topological polar surface area (TPSA) is 97.6 Å². The van der Waals surface area contributed by atoms with E-state index >= 15 is 0 Å². The van der Waals surface area contributed by atoms with Crippen LogP contribution in [0.25, 0.3) is 11.1 Å². The molecule has 1 aromatic carbocycles. The quantitative estimate of drug-likeness (QED) is 0.638. The number of ether oxygens (including phenoxy) is 1. The molecule has 1 saturated heterocycles. The summed E-state index contributed by atoms with van der Waals surface area (Å²) in [6, 6.07) is 6.66. The number of fused-ring (bicyclic) bond motifs is 1. The lowest BCUT2D eigenvalue weighted by Gasteiger charge is -2.28. The van der Waals surface area contributed by atoms with Crippen molar-refractivity contribution in [3.05, 3.63) is 47.5 Å². The SMILES string of the molecule is CCOC(=O)c1cccc(NC(=O)c2c(C)oc3ncnc(N4CCCCC4)c23)c1. The van der Waals surface area contributed by atoms with E-state index in [4.69, 9.17) is 9.15 Å². The second-order valence-corrected chi connectivity index (χ2v) is 7.21. The lowest BCUT2D eigenvalue weighted by molar-refractivity contribution is 0.0526. The van der Waals surface area contributed by atoms with Crippen molar-refractivity contribution in [2.45, 2.75) is 33.1 Å². The number of hydrogen-bond acceptors (Lipinski definition) is 7. The maximum absolute atomic E-state index is 13.2. The summed E-state index contributed by atoms with van der Waals surface area (Å²) in [7, 11) is 0. The summed E-state index contributed by atoms with van der Waals surface area (Å²) in [5.74, 6) is 0.435. The summed E-state index contributed by atoms with van der Waals surface area (Å²) < 4.78 is 10.8. The highest BCUT2D eigenvalue weighted by Gasteiger charge is 2.26. The largest absolute Gasteiger partial charge is 0.462 e. The van der Waals surface area contributed by atoms with Crippen LogP contribution in [0.15, 0.2) is 35.0 Å². The normalized spacial score (nSPS) is 14.0. The molecular weight excluding hydrogens is 384 g/mol. The van der Waals surface area contributed by atoms with Gasteiger partial charge < -0.3 is 19.4 Å². The van der Waals surface area contributed by atoms with Gasteiger partial charge in [-0.1, -0.05) is 6.07 Å². The summed E-state index contributed by atoms with van der Waals surface area (Å²) in [4.78, 5) is 36.0. The molecule has 0 spiro atoms. The summed E-state index contributed by atoms with van der Waals surface area (Å²) >= 11 is 0. The number of hydrogen-bond donors (Lipinski definition) is 1. The van der Waals surface area contributed by atoms with Crippen molar-refractivity contribution < 1.29 is 18.7 Å². The van der Waals surface area contributed by atoms with E-state index in [-0.39, 0.29) is 12.5 Å². The Morgan fingerprint density at radius 2 is 2.00 bits per heavy atom. The van der Waals surface area contributed by atoms with Gasteiger partial charge in [0.2, 0.25) is 5.71 Å². The lowest BCUT2D eigenvalue weighted by Crippen LogP contribution is -2.30. The molecule has 1 aliphatic rings. The Morgan fingerprint density at radius 3 is 2.77 bits per heavy atom. The first-order valence-corrected chi connectivity index (χ1v) is 10.2. The molecule has 0 radical (unpaired) electrons. The fourth-order valence-electron chi connectivity index (χ4n) is 3.78. The fraction of sp³-hybridized carbons (Fsp3) is 0.364. The van der Waals surface area contributed by atoms with Crippen molar-refractivity contribution in [3.63, 3.8) is 0 Å². The molecule has 1 fully saturated rings. The van der Waals surface area contributed by atoms with Crippen LogP contribution in [0.4, 0.5) is 11.5 Å². The van der Waals surface area contributed by atoms with E-state index in [0.717, 1.165) is 31.7 Å². The number of carbonyl (C=O) groups excluding carboxylic acids is 2. The van der Waals surface area contributed by atoms with Gasteiger partial charge in [-0.2, -0.15) is 0 Å². The van der Waals surface area contributed by atoms with Crippen LogP contribution in [0, 0.1) is 6.92 Å². The van der Waals surface area contributed by atoms with Crippen molar-refractivity contribution in [2.24, 2.45) is 0 Å². The van der Waals surface area contributed by atoms with Crippen LogP contribution in [-0.4, -0.2) is 41.5 Å². The summed E-state index contributed by atoms with van der Waals surface area (Å²) in [6.07, 6.45) is 4.84. The average Bonchev–Trinajstić information content (AvgIpc) is 3.10. The average molecular weight is 408 g/mol. The van der Waals surface area contributed by atoms with E-state index < -0.39 is 5.97 Å². The highest BCUT2D eigenvalue weighted by Crippen LogP contribution is 2.33. The van der Waals surface area contributed by atoms with Gasteiger partial charge in [-0.3, -0.25) is 4.79 Å². The molecule has 0 aliphatic carbocycles. The van der Waals surface area contributed by atoms with Crippen LogP contribution in [-0.2, 0) is 4.74 Å². The van der Waals surface area contributed by atoms with Gasteiger partial charge >= 0.3 is 5.97 Å². The fourth-order valence-corrected chi connectivity index (χ4v) is 3.78. The third-order valence-corrected chi connectivity index (χ3v) is 5.16. The number of carbonyl (C=O) groups is 2. The van der Waals surface area contributed by atoms with E-state index in [1.807, 2.05) is 0 Å². The Balaban J connectivity index is 1.68. The zero-order valence-corrected chi connectivity index (χ0v) is 17.1. The number of rotatable bonds is 5. The van der Waals surface area contributed by atoms with E-state index in [1.165, 1.54) is 12.7 Å². The van der Waals surface area contributed by atoms with Gasteiger partial charge in [-0.15, -0.1) is 0 Å². The van der Waals surface area contributed by atoms with Gasteiger partial charge in [-0.25, -0.2) is 14.8 Å². The van der Waals surface area contributed by atoms with Crippen LogP contribution in [0.3, 0.4) is 0 Å². The number of aryl methyl sites for hydroxylation is 1. The molecule has 1 N–H and O–H groups in total. The van der Waals surface area contributed by atoms with Gasteiger partial charge in [0.05, 0.1) is 23.1 Å². The molecule has 3 heterocycles. The molecule has 0 saturated carbocycles. The van der Waals surface area contributed by atoms with Crippen molar-refractivity contribution in [2.75, 3.05) is 29.9 Å². The Kier molecular flexibility index (Phi) is 5.65. The number of esters is 1. The van der Waals surface area contributed by atoms with Gasteiger partial charge in [0, 0.05) is 18.8 Å². The minimum Gasteiger partial charge on any atom is -0.462 e. The number of furan rings is 1. The molecule has 8 heteroatoms. The number of nitrogens with zero attached hydrogens (tertiary/aromatic N) is 3. The van der Waals surface area contributed by atoms with E-state index in [9.17, 15) is 9.59 Å². The van der Waals surface area contributed by atoms with Crippen LogP contribution >= 0.6 is 0 Å². The monoisotopic (exact) mass is 408 g/mol.